The highest BCUT2D eigenvalue weighted by atomic mass is 16.6. The van der Waals surface area contributed by atoms with Gasteiger partial charge in [-0.05, 0) is 70.9 Å². The van der Waals surface area contributed by atoms with Gasteiger partial charge in [0.1, 0.15) is 17.0 Å². The fourth-order valence-corrected chi connectivity index (χ4v) is 2.91. The Balaban J connectivity index is 2.25. The van der Waals surface area contributed by atoms with Gasteiger partial charge >= 0.3 is 18.2 Å². The van der Waals surface area contributed by atoms with Crippen LogP contribution in [0.5, 0.6) is 5.75 Å². The smallest absolute Gasteiger partial charge is 0.412 e. The Morgan fingerprint density at radius 1 is 1.06 bits per heavy atom. The van der Waals surface area contributed by atoms with Crippen LogP contribution in [0.25, 0.3) is 5.57 Å². The lowest BCUT2D eigenvalue weighted by Gasteiger charge is -2.27. The molecule has 31 heavy (non-hydrogen) atoms. The predicted molar refractivity (Wildman–Crippen MR) is 115 cm³/mol. The van der Waals surface area contributed by atoms with E-state index < -0.39 is 35.4 Å². The molecule has 2 N–H and O–H groups in total. The Morgan fingerprint density at radius 3 is 2.19 bits per heavy atom. The minimum atomic E-state index is -1.16. The number of amides is 2. The average molecular weight is 434 g/mol. The molecule has 9 nitrogen and oxygen atoms in total. The van der Waals surface area contributed by atoms with Crippen molar-refractivity contribution < 1.29 is 33.7 Å². The number of carbonyl (C=O) groups excluding carboxylic acids is 2. The molecule has 1 aliphatic heterocycles. The fourth-order valence-electron chi connectivity index (χ4n) is 2.91. The van der Waals surface area contributed by atoms with Crippen molar-refractivity contribution in [2.45, 2.75) is 58.8 Å². The molecule has 0 saturated carbocycles. The molecule has 1 aliphatic rings. The Kier molecular flexibility index (Phi) is 6.88. The molecule has 0 aromatic heterocycles. The summed E-state index contributed by atoms with van der Waals surface area (Å²) in [5.41, 5.74) is 0.284. The van der Waals surface area contributed by atoms with Crippen molar-refractivity contribution in [1.29, 1.82) is 0 Å². The van der Waals surface area contributed by atoms with Gasteiger partial charge < -0.3 is 19.3 Å². The number of carboxylic acids is 1. The number of anilines is 1. The lowest BCUT2D eigenvalue weighted by atomic mass is 10.1. The summed E-state index contributed by atoms with van der Waals surface area (Å²) in [6.45, 7) is 10.5. The van der Waals surface area contributed by atoms with Crippen molar-refractivity contribution >= 4 is 29.4 Å². The quantitative estimate of drug-likeness (QED) is 0.732. The van der Waals surface area contributed by atoms with Crippen LogP contribution >= 0.6 is 0 Å². The Morgan fingerprint density at radius 2 is 1.68 bits per heavy atom. The summed E-state index contributed by atoms with van der Waals surface area (Å²) in [6.07, 6.45) is 0.170. The van der Waals surface area contributed by atoms with E-state index in [1.807, 2.05) is 0 Å². The normalized spacial score (nSPS) is 16.4. The van der Waals surface area contributed by atoms with Crippen LogP contribution in [0.15, 0.2) is 24.3 Å². The van der Waals surface area contributed by atoms with Gasteiger partial charge in [0.15, 0.2) is 6.04 Å². The molecule has 0 aliphatic carbocycles. The van der Waals surface area contributed by atoms with E-state index >= 15 is 0 Å². The van der Waals surface area contributed by atoms with Crippen molar-refractivity contribution in [2.75, 3.05) is 19.0 Å². The standard InChI is InChI=1S/C22H30N2O7/c1-21(2,3)30-19(27)23-15-9-8-13(11-17(15)29-7)14-10-16(18(25)26)24(12-14)20(28)31-22(4,5)6/h8-11,16H,12H2,1-7H3,(H,23,27)(H,25,26). The number of methoxy groups -OCH3 is 1. The first kappa shape index (κ1) is 24.0. The summed E-state index contributed by atoms with van der Waals surface area (Å²) in [5.74, 6) is -0.789. The van der Waals surface area contributed by atoms with E-state index in [0.717, 1.165) is 4.90 Å². The maximum absolute atomic E-state index is 12.5. The third-order valence-corrected chi connectivity index (χ3v) is 4.12. The number of carboxylic acid groups (broad SMARTS) is 1. The third kappa shape index (κ3) is 6.63. The minimum absolute atomic E-state index is 0.0634. The van der Waals surface area contributed by atoms with Gasteiger partial charge in [-0.15, -0.1) is 0 Å². The number of aliphatic carboxylic acids is 1. The number of ether oxygens (including phenoxy) is 3. The minimum Gasteiger partial charge on any atom is -0.495 e. The summed E-state index contributed by atoms with van der Waals surface area (Å²) >= 11 is 0. The van der Waals surface area contributed by atoms with Gasteiger partial charge in [0.25, 0.3) is 0 Å². The number of rotatable bonds is 4. The maximum atomic E-state index is 12.5. The number of benzene rings is 1. The summed E-state index contributed by atoms with van der Waals surface area (Å²) in [7, 11) is 1.45. The van der Waals surface area contributed by atoms with Crippen LogP contribution in [0.3, 0.4) is 0 Å². The van der Waals surface area contributed by atoms with Crippen LogP contribution < -0.4 is 10.1 Å². The van der Waals surface area contributed by atoms with E-state index in [-0.39, 0.29) is 6.54 Å². The van der Waals surface area contributed by atoms with E-state index in [0.29, 0.717) is 22.6 Å². The van der Waals surface area contributed by atoms with Gasteiger partial charge in [-0.2, -0.15) is 0 Å². The first-order chi connectivity index (χ1) is 14.2. The number of hydrogen-bond acceptors (Lipinski definition) is 6. The molecule has 170 valence electrons. The van der Waals surface area contributed by atoms with Gasteiger partial charge in [0.2, 0.25) is 0 Å². The molecule has 1 aromatic rings. The van der Waals surface area contributed by atoms with Crippen molar-refractivity contribution in [2.24, 2.45) is 0 Å². The zero-order chi connectivity index (χ0) is 23.6. The molecule has 0 fully saturated rings. The van der Waals surface area contributed by atoms with E-state index in [1.165, 1.54) is 13.2 Å². The number of carbonyl (C=O) groups is 3. The topological polar surface area (TPSA) is 114 Å². The third-order valence-electron chi connectivity index (χ3n) is 4.12. The van der Waals surface area contributed by atoms with Crippen LogP contribution in [-0.4, -0.2) is 59.1 Å². The predicted octanol–water partition coefficient (Wildman–Crippen LogP) is 4.13. The molecule has 0 bridgehead atoms. The molecule has 9 heteroatoms. The molecule has 0 spiro atoms. The Labute approximate surface area is 182 Å². The molecule has 2 amide bonds. The first-order valence-electron chi connectivity index (χ1n) is 9.82. The highest BCUT2D eigenvalue weighted by molar-refractivity contribution is 5.91. The van der Waals surface area contributed by atoms with Crippen LogP contribution in [-0.2, 0) is 14.3 Å². The number of hydrogen-bond donors (Lipinski definition) is 2. The highest BCUT2D eigenvalue weighted by Gasteiger charge is 2.37. The van der Waals surface area contributed by atoms with Crippen molar-refractivity contribution in [3.63, 3.8) is 0 Å². The Bertz CT molecular complexity index is 894. The lowest BCUT2D eigenvalue weighted by molar-refractivity contribution is -0.140. The second-order valence-corrected chi connectivity index (χ2v) is 9.13. The average Bonchev–Trinajstić information content (AvgIpc) is 3.04. The molecule has 1 aromatic carbocycles. The van der Waals surface area contributed by atoms with Crippen molar-refractivity contribution in [1.82, 2.24) is 4.90 Å². The van der Waals surface area contributed by atoms with E-state index in [1.54, 1.807) is 59.7 Å². The maximum Gasteiger partial charge on any atom is 0.412 e. The molecule has 0 saturated heterocycles. The van der Waals surface area contributed by atoms with E-state index in [2.05, 4.69) is 5.32 Å². The second kappa shape index (κ2) is 8.87. The largest absolute Gasteiger partial charge is 0.495 e. The monoisotopic (exact) mass is 434 g/mol. The number of nitrogens with one attached hydrogen (secondary N) is 1. The van der Waals surface area contributed by atoms with Gasteiger partial charge in [-0.1, -0.05) is 6.07 Å². The summed E-state index contributed by atoms with van der Waals surface area (Å²) in [6, 6.07) is 3.86. The number of nitrogens with zero attached hydrogens (tertiary/aromatic N) is 1. The zero-order valence-electron chi connectivity index (χ0n) is 18.9. The second-order valence-electron chi connectivity index (χ2n) is 9.13. The molecule has 1 atom stereocenters. The zero-order valence-corrected chi connectivity index (χ0v) is 18.9. The SMILES string of the molecule is COc1cc(C2=CC(C(=O)O)N(C(=O)OC(C)(C)C)C2)ccc1NC(=O)OC(C)(C)C. The molecule has 0 radical (unpaired) electrons. The summed E-state index contributed by atoms with van der Waals surface area (Å²) in [4.78, 5) is 37.4. The van der Waals surface area contributed by atoms with Gasteiger partial charge in [-0.25, -0.2) is 14.4 Å². The molecule has 1 unspecified atom stereocenters. The van der Waals surface area contributed by atoms with Crippen LogP contribution in [0.4, 0.5) is 15.3 Å². The fraction of sp³-hybridized carbons (Fsp3) is 0.500. The molecule has 2 rings (SSSR count). The van der Waals surface area contributed by atoms with Gasteiger partial charge in [0.05, 0.1) is 19.3 Å². The van der Waals surface area contributed by atoms with Gasteiger partial charge in [-0.3, -0.25) is 10.2 Å². The first-order valence-corrected chi connectivity index (χ1v) is 9.82. The van der Waals surface area contributed by atoms with Gasteiger partial charge in [0, 0.05) is 0 Å². The highest BCUT2D eigenvalue weighted by Crippen LogP contribution is 2.33. The van der Waals surface area contributed by atoms with E-state index in [4.69, 9.17) is 14.2 Å². The molecular formula is C22H30N2O7. The van der Waals surface area contributed by atoms with Crippen LogP contribution in [0.1, 0.15) is 47.1 Å². The van der Waals surface area contributed by atoms with Crippen LogP contribution in [0.2, 0.25) is 0 Å². The van der Waals surface area contributed by atoms with Crippen LogP contribution in [0, 0.1) is 0 Å². The molecular weight excluding hydrogens is 404 g/mol. The summed E-state index contributed by atoms with van der Waals surface area (Å²) in [5, 5.41) is 12.2. The summed E-state index contributed by atoms with van der Waals surface area (Å²) < 4.78 is 16.0. The lowest BCUT2D eigenvalue weighted by Crippen LogP contribution is -2.43. The Hall–Kier alpha value is -3.23. The van der Waals surface area contributed by atoms with Crippen molar-refractivity contribution in [3.05, 3.63) is 29.8 Å². The van der Waals surface area contributed by atoms with E-state index in [9.17, 15) is 19.5 Å². The van der Waals surface area contributed by atoms with Crippen molar-refractivity contribution in [3.8, 4) is 5.75 Å². The molecule has 1 heterocycles.